The topological polar surface area (TPSA) is 90.8 Å². The summed E-state index contributed by atoms with van der Waals surface area (Å²) in [5, 5.41) is 15.3. The van der Waals surface area contributed by atoms with E-state index >= 15 is 0 Å². The van der Waals surface area contributed by atoms with Crippen LogP contribution in [0, 0.1) is 0 Å². The zero-order valence-corrected chi connectivity index (χ0v) is 9.90. The summed E-state index contributed by atoms with van der Waals surface area (Å²) in [6.45, 7) is 0. The number of carboxylic acid groups (broad SMARTS) is 1. The smallest absolute Gasteiger partial charge is 0.329 e. The Kier molecular flexibility index (Phi) is 3.63. The molecule has 0 unspecified atom stereocenters. The molecule has 0 atom stereocenters. The highest BCUT2D eigenvalue weighted by atomic mass is 32.2. The molecular weight excluding hydrogens is 254 g/mol. The van der Waals surface area contributed by atoms with E-state index < -0.39 is 11.9 Å². The predicted octanol–water partition coefficient (Wildman–Crippen LogP) is 1.20. The van der Waals surface area contributed by atoms with Crippen LogP contribution in [-0.4, -0.2) is 22.2 Å². The van der Waals surface area contributed by atoms with Crippen molar-refractivity contribution >= 4 is 34.5 Å². The van der Waals surface area contributed by atoms with Crippen molar-refractivity contribution in [3.8, 4) is 0 Å². The van der Waals surface area contributed by atoms with Gasteiger partial charge in [0.1, 0.15) is 0 Å². The summed E-state index contributed by atoms with van der Waals surface area (Å²) >= 11 is 0.973. The number of hydrogen-bond acceptors (Lipinski definition) is 5. The molecule has 1 aromatic carbocycles. The Morgan fingerprint density at radius 1 is 1.39 bits per heavy atom. The van der Waals surface area contributed by atoms with Crippen LogP contribution < -0.4 is 10.7 Å². The van der Waals surface area contributed by atoms with Gasteiger partial charge in [-0.25, -0.2) is 4.79 Å². The highest BCUT2D eigenvalue weighted by molar-refractivity contribution is 8.18. The summed E-state index contributed by atoms with van der Waals surface area (Å²) < 4.78 is 0. The van der Waals surface area contributed by atoms with Gasteiger partial charge in [0, 0.05) is 6.08 Å². The molecule has 0 spiro atoms. The van der Waals surface area contributed by atoms with E-state index in [9.17, 15) is 9.59 Å². The normalized spacial score (nSPS) is 19.0. The molecule has 1 aromatic rings. The molecule has 1 fully saturated rings. The number of amidine groups is 1. The molecule has 18 heavy (non-hydrogen) atoms. The molecule has 1 heterocycles. The third kappa shape index (κ3) is 3.11. The average molecular weight is 263 g/mol. The van der Waals surface area contributed by atoms with Crippen LogP contribution in [0.2, 0.25) is 0 Å². The highest BCUT2D eigenvalue weighted by Gasteiger charge is 2.24. The van der Waals surface area contributed by atoms with Crippen molar-refractivity contribution in [2.45, 2.75) is 0 Å². The first-order valence-electron chi connectivity index (χ1n) is 4.98. The zero-order valence-electron chi connectivity index (χ0n) is 9.08. The maximum Gasteiger partial charge on any atom is 0.329 e. The number of benzene rings is 1. The predicted molar refractivity (Wildman–Crippen MR) is 69.0 cm³/mol. The lowest BCUT2D eigenvalue weighted by molar-refractivity contribution is -0.131. The second-order valence-corrected chi connectivity index (χ2v) is 4.33. The van der Waals surface area contributed by atoms with Crippen molar-refractivity contribution in [2.24, 2.45) is 5.10 Å². The number of hydrazone groups is 1. The van der Waals surface area contributed by atoms with Crippen LogP contribution in [-0.2, 0) is 9.59 Å². The molecule has 1 saturated heterocycles. The zero-order chi connectivity index (χ0) is 13.0. The molecule has 0 aliphatic carbocycles. The molecule has 1 aliphatic heterocycles. The Balaban J connectivity index is 2.04. The SMILES string of the molecule is O=C(O)/C=C1\S/C(=N/Nc2ccccc2)NC1=O. The van der Waals surface area contributed by atoms with Gasteiger partial charge in [0.05, 0.1) is 10.6 Å². The fourth-order valence-electron chi connectivity index (χ4n) is 1.22. The molecule has 2 rings (SSSR count). The lowest BCUT2D eigenvalue weighted by Crippen LogP contribution is -2.20. The number of rotatable bonds is 3. The summed E-state index contributed by atoms with van der Waals surface area (Å²) in [5.74, 6) is -1.62. The molecule has 3 N–H and O–H groups in total. The quantitative estimate of drug-likeness (QED) is 0.563. The first kappa shape index (κ1) is 12.2. The maximum atomic E-state index is 11.4. The van der Waals surface area contributed by atoms with Crippen molar-refractivity contribution in [1.82, 2.24) is 5.32 Å². The molecular formula is C11H9N3O3S. The van der Waals surface area contributed by atoms with E-state index in [2.05, 4.69) is 15.8 Å². The van der Waals surface area contributed by atoms with Crippen molar-refractivity contribution in [2.75, 3.05) is 5.43 Å². The van der Waals surface area contributed by atoms with Gasteiger partial charge in [-0.15, -0.1) is 5.10 Å². The van der Waals surface area contributed by atoms with E-state index in [1.807, 2.05) is 30.3 Å². The van der Waals surface area contributed by atoms with Gasteiger partial charge in [-0.2, -0.15) is 0 Å². The second kappa shape index (κ2) is 5.37. The lowest BCUT2D eigenvalue weighted by atomic mass is 10.3. The number of hydrogen-bond donors (Lipinski definition) is 3. The number of carbonyl (C=O) groups excluding carboxylic acids is 1. The molecule has 0 bridgehead atoms. The van der Waals surface area contributed by atoms with Gasteiger partial charge in [0.15, 0.2) is 5.17 Å². The fraction of sp³-hybridized carbons (Fsp3) is 0. The number of para-hydroxylation sites is 1. The number of anilines is 1. The molecule has 7 heteroatoms. The minimum absolute atomic E-state index is 0.108. The van der Waals surface area contributed by atoms with Crippen molar-refractivity contribution < 1.29 is 14.7 Å². The molecule has 0 aromatic heterocycles. The van der Waals surface area contributed by atoms with E-state index in [1.165, 1.54) is 0 Å². The fourth-order valence-corrected chi connectivity index (χ4v) is 1.97. The minimum atomic E-state index is -1.16. The first-order chi connectivity index (χ1) is 8.65. The third-order valence-corrected chi connectivity index (χ3v) is 2.88. The molecule has 1 aliphatic rings. The van der Waals surface area contributed by atoms with E-state index in [0.29, 0.717) is 5.17 Å². The summed E-state index contributed by atoms with van der Waals surface area (Å²) in [6.07, 6.45) is 0.852. The van der Waals surface area contributed by atoms with Gasteiger partial charge in [-0.05, 0) is 23.9 Å². The Morgan fingerprint density at radius 2 is 2.11 bits per heavy atom. The van der Waals surface area contributed by atoms with Gasteiger partial charge in [0.2, 0.25) is 0 Å². The monoisotopic (exact) mass is 263 g/mol. The highest BCUT2D eigenvalue weighted by Crippen LogP contribution is 2.23. The van der Waals surface area contributed by atoms with Crippen LogP contribution in [0.1, 0.15) is 0 Å². The molecule has 1 amide bonds. The molecule has 0 radical (unpaired) electrons. The summed E-state index contributed by atoms with van der Waals surface area (Å²) in [7, 11) is 0. The number of carboxylic acids is 1. The first-order valence-corrected chi connectivity index (χ1v) is 5.79. The van der Waals surface area contributed by atoms with Crippen LogP contribution in [0.3, 0.4) is 0 Å². The molecule has 92 valence electrons. The van der Waals surface area contributed by atoms with Gasteiger partial charge in [-0.3, -0.25) is 15.5 Å². The third-order valence-electron chi connectivity index (χ3n) is 1.97. The van der Waals surface area contributed by atoms with Crippen LogP contribution in [0.4, 0.5) is 5.69 Å². The average Bonchev–Trinajstić information content (AvgIpc) is 2.68. The van der Waals surface area contributed by atoms with E-state index in [0.717, 1.165) is 23.5 Å². The van der Waals surface area contributed by atoms with E-state index in [1.54, 1.807) is 0 Å². The molecule has 6 nitrogen and oxygen atoms in total. The standard InChI is InChI=1S/C11H9N3O3S/c15-9(16)6-8-10(17)12-11(18-8)14-13-7-4-2-1-3-5-7/h1-6,13H,(H,15,16)(H,12,14,17)/b8-6-. The second-order valence-electron chi connectivity index (χ2n) is 3.30. The number of carbonyl (C=O) groups is 2. The van der Waals surface area contributed by atoms with E-state index in [-0.39, 0.29) is 4.91 Å². The van der Waals surface area contributed by atoms with Gasteiger partial charge < -0.3 is 5.11 Å². The summed E-state index contributed by atoms with van der Waals surface area (Å²) in [5.41, 5.74) is 3.53. The number of nitrogens with zero attached hydrogens (tertiary/aromatic N) is 1. The summed E-state index contributed by atoms with van der Waals surface area (Å²) in [4.78, 5) is 21.9. The molecule has 0 saturated carbocycles. The Labute approximate surface area is 107 Å². The van der Waals surface area contributed by atoms with Crippen molar-refractivity contribution in [1.29, 1.82) is 0 Å². The van der Waals surface area contributed by atoms with Gasteiger partial charge in [0.25, 0.3) is 5.91 Å². The van der Waals surface area contributed by atoms with Crippen molar-refractivity contribution in [3.63, 3.8) is 0 Å². The maximum absolute atomic E-state index is 11.4. The largest absolute Gasteiger partial charge is 0.478 e. The Hall–Kier alpha value is -2.28. The van der Waals surface area contributed by atoms with Crippen LogP contribution in [0.5, 0.6) is 0 Å². The van der Waals surface area contributed by atoms with Crippen LogP contribution in [0.15, 0.2) is 46.4 Å². The Morgan fingerprint density at radius 3 is 2.78 bits per heavy atom. The Bertz CT molecular complexity index is 540. The lowest BCUT2D eigenvalue weighted by Gasteiger charge is -1.99. The minimum Gasteiger partial charge on any atom is -0.478 e. The summed E-state index contributed by atoms with van der Waals surface area (Å²) in [6, 6.07) is 9.20. The van der Waals surface area contributed by atoms with Gasteiger partial charge in [-0.1, -0.05) is 18.2 Å². The van der Waals surface area contributed by atoms with Crippen LogP contribution in [0.25, 0.3) is 0 Å². The van der Waals surface area contributed by atoms with Gasteiger partial charge >= 0.3 is 5.97 Å². The number of nitrogens with one attached hydrogen (secondary N) is 2. The number of thioether (sulfide) groups is 1. The number of amides is 1. The number of aliphatic carboxylic acids is 1. The van der Waals surface area contributed by atoms with E-state index in [4.69, 9.17) is 5.11 Å². The van der Waals surface area contributed by atoms with Crippen molar-refractivity contribution in [3.05, 3.63) is 41.3 Å². The van der Waals surface area contributed by atoms with Crippen LogP contribution >= 0.6 is 11.8 Å².